The van der Waals surface area contributed by atoms with Crippen molar-refractivity contribution in [1.82, 2.24) is 30.0 Å². The smallest absolute Gasteiger partial charge is 0.147 e. The molecule has 1 N–H and O–H groups in total. The van der Waals surface area contributed by atoms with Crippen molar-refractivity contribution in [3.63, 3.8) is 0 Å². The number of aryl methyl sites for hydroxylation is 1. The second-order valence-electron chi connectivity index (χ2n) is 7.83. The Bertz CT molecular complexity index is 961. The van der Waals surface area contributed by atoms with Gasteiger partial charge in [0.05, 0.1) is 12.1 Å². The van der Waals surface area contributed by atoms with Gasteiger partial charge in [-0.15, -0.1) is 22.6 Å². The number of fused-ring (bicyclic) bond motifs is 2. The van der Waals surface area contributed by atoms with Crippen molar-refractivity contribution in [2.45, 2.75) is 45.3 Å². The fourth-order valence-electron chi connectivity index (χ4n) is 4.40. The highest BCUT2D eigenvalue weighted by Crippen LogP contribution is 2.28. The number of piperidine rings is 1. The highest BCUT2D eigenvalue weighted by atomic mass is 35.5. The Morgan fingerprint density at radius 1 is 1.07 bits per heavy atom. The van der Waals surface area contributed by atoms with E-state index in [0.717, 1.165) is 56.3 Å². The third-order valence-electron chi connectivity index (χ3n) is 5.90. The number of pyridine rings is 1. The zero-order valence-corrected chi connectivity index (χ0v) is 17.1. The van der Waals surface area contributed by atoms with Crippen molar-refractivity contribution in [2.75, 3.05) is 19.6 Å². The second kappa shape index (κ2) is 8.15. The average molecular weight is 399 g/mol. The minimum absolute atomic E-state index is 0. The second-order valence-corrected chi connectivity index (χ2v) is 7.83. The predicted molar refractivity (Wildman–Crippen MR) is 113 cm³/mol. The van der Waals surface area contributed by atoms with Gasteiger partial charge in [0.2, 0.25) is 0 Å². The van der Waals surface area contributed by atoms with Gasteiger partial charge in [0.15, 0.2) is 0 Å². The van der Waals surface area contributed by atoms with Crippen LogP contribution in [0.2, 0.25) is 0 Å². The van der Waals surface area contributed by atoms with E-state index in [1.165, 1.54) is 29.6 Å². The molecule has 148 valence electrons. The summed E-state index contributed by atoms with van der Waals surface area (Å²) < 4.78 is 2.34. The summed E-state index contributed by atoms with van der Waals surface area (Å²) in [6.45, 7) is 8.17. The molecular formula is C21H27ClN6. The standard InChI is InChI=1S/C21H26N6.ClH/c1-15-2-4-18-12-16(3-5-19(18)23-15)14-26-9-6-17(7-10-26)21-25-24-20-13-22-8-11-27(20)21;/h2-5,12,17,22H,6-11,13-14H2,1H3;1H. The van der Waals surface area contributed by atoms with Gasteiger partial charge in [0, 0.05) is 36.6 Å². The number of rotatable bonds is 3. The SMILES string of the molecule is Cc1ccc2cc(CN3CCC(c4nnc5n4CCNC5)CC3)ccc2n1.Cl. The third kappa shape index (κ3) is 3.77. The minimum atomic E-state index is 0. The van der Waals surface area contributed by atoms with Crippen LogP contribution in [0.5, 0.6) is 0 Å². The van der Waals surface area contributed by atoms with Crippen molar-refractivity contribution in [1.29, 1.82) is 0 Å². The first kappa shape index (κ1) is 19.3. The zero-order valence-electron chi connectivity index (χ0n) is 16.3. The molecular weight excluding hydrogens is 372 g/mol. The minimum Gasteiger partial charge on any atom is -0.312 e. The topological polar surface area (TPSA) is 58.9 Å². The van der Waals surface area contributed by atoms with E-state index < -0.39 is 0 Å². The van der Waals surface area contributed by atoms with E-state index in [1.54, 1.807) is 0 Å². The Morgan fingerprint density at radius 3 is 2.79 bits per heavy atom. The first-order valence-corrected chi connectivity index (χ1v) is 9.97. The zero-order chi connectivity index (χ0) is 18.2. The Hall–Kier alpha value is -2.02. The summed E-state index contributed by atoms with van der Waals surface area (Å²) in [7, 11) is 0. The maximum absolute atomic E-state index is 4.60. The van der Waals surface area contributed by atoms with Crippen LogP contribution < -0.4 is 5.32 Å². The molecule has 2 aliphatic heterocycles. The van der Waals surface area contributed by atoms with Crippen molar-refractivity contribution < 1.29 is 0 Å². The van der Waals surface area contributed by atoms with Crippen molar-refractivity contribution in [3.05, 3.63) is 53.2 Å². The molecule has 0 aliphatic carbocycles. The van der Waals surface area contributed by atoms with Crippen LogP contribution in [0, 0.1) is 6.92 Å². The number of aromatic nitrogens is 4. The Balaban J connectivity index is 0.00000192. The summed E-state index contributed by atoms with van der Waals surface area (Å²) in [5.41, 5.74) is 3.53. The van der Waals surface area contributed by atoms with Gasteiger partial charge in [0.1, 0.15) is 11.6 Å². The van der Waals surface area contributed by atoms with Crippen LogP contribution in [0.4, 0.5) is 0 Å². The van der Waals surface area contributed by atoms with Crippen molar-refractivity contribution in [3.8, 4) is 0 Å². The van der Waals surface area contributed by atoms with E-state index >= 15 is 0 Å². The van der Waals surface area contributed by atoms with E-state index in [4.69, 9.17) is 0 Å². The number of likely N-dealkylation sites (tertiary alicyclic amines) is 1. The number of hydrogen-bond acceptors (Lipinski definition) is 5. The molecule has 2 aromatic heterocycles. The van der Waals surface area contributed by atoms with Crippen molar-refractivity contribution in [2.24, 2.45) is 0 Å². The van der Waals surface area contributed by atoms with Gasteiger partial charge >= 0.3 is 0 Å². The van der Waals surface area contributed by atoms with Crippen LogP contribution in [-0.4, -0.2) is 44.3 Å². The molecule has 28 heavy (non-hydrogen) atoms. The summed E-state index contributed by atoms with van der Waals surface area (Å²) >= 11 is 0. The Morgan fingerprint density at radius 2 is 1.93 bits per heavy atom. The lowest BCUT2D eigenvalue weighted by Crippen LogP contribution is -2.34. The number of halogens is 1. The van der Waals surface area contributed by atoms with E-state index in [9.17, 15) is 0 Å². The molecule has 0 unspecified atom stereocenters. The van der Waals surface area contributed by atoms with Gasteiger partial charge in [-0.2, -0.15) is 0 Å². The Labute approximate surface area is 171 Å². The summed E-state index contributed by atoms with van der Waals surface area (Å²) in [6, 6.07) is 10.9. The van der Waals surface area contributed by atoms with Crippen LogP contribution in [0.25, 0.3) is 10.9 Å². The maximum atomic E-state index is 4.60. The van der Waals surface area contributed by atoms with Crippen LogP contribution in [0.15, 0.2) is 30.3 Å². The predicted octanol–water partition coefficient (Wildman–Crippen LogP) is 3.04. The van der Waals surface area contributed by atoms with Gasteiger partial charge in [-0.1, -0.05) is 12.1 Å². The molecule has 6 nitrogen and oxygen atoms in total. The van der Waals surface area contributed by atoms with E-state index in [1.807, 2.05) is 6.92 Å². The molecule has 4 heterocycles. The molecule has 0 spiro atoms. The maximum Gasteiger partial charge on any atom is 0.147 e. The Kier molecular flexibility index (Phi) is 5.62. The lowest BCUT2D eigenvalue weighted by Gasteiger charge is -2.32. The van der Waals surface area contributed by atoms with Gasteiger partial charge in [-0.3, -0.25) is 9.88 Å². The van der Waals surface area contributed by atoms with Crippen LogP contribution in [-0.2, 0) is 19.6 Å². The highest BCUT2D eigenvalue weighted by Gasteiger charge is 2.27. The molecule has 0 radical (unpaired) electrons. The monoisotopic (exact) mass is 398 g/mol. The summed E-state index contributed by atoms with van der Waals surface area (Å²) in [5, 5.41) is 13.5. The summed E-state index contributed by atoms with van der Waals surface area (Å²) in [5.74, 6) is 2.85. The molecule has 1 saturated heterocycles. The largest absolute Gasteiger partial charge is 0.312 e. The molecule has 1 fully saturated rings. The lowest BCUT2D eigenvalue weighted by atomic mass is 9.95. The molecule has 0 amide bonds. The number of benzene rings is 1. The molecule has 0 bridgehead atoms. The number of hydrogen-bond donors (Lipinski definition) is 1. The molecule has 5 rings (SSSR count). The molecule has 7 heteroatoms. The number of nitrogens with zero attached hydrogens (tertiary/aromatic N) is 5. The van der Waals surface area contributed by atoms with E-state index in [2.05, 4.69) is 60.3 Å². The molecule has 2 aliphatic rings. The molecule has 0 saturated carbocycles. The number of nitrogens with one attached hydrogen (secondary N) is 1. The molecule has 3 aromatic rings. The quantitative estimate of drug-likeness (QED) is 0.734. The van der Waals surface area contributed by atoms with Gasteiger partial charge < -0.3 is 9.88 Å². The van der Waals surface area contributed by atoms with Crippen LogP contribution in [0.3, 0.4) is 0 Å². The highest BCUT2D eigenvalue weighted by molar-refractivity contribution is 5.85. The normalized spacial score (nSPS) is 18.0. The van der Waals surface area contributed by atoms with Gasteiger partial charge in [-0.05, 0) is 56.6 Å². The third-order valence-corrected chi connectivity index (χ3v) is 5.90. The van der Waals surface area contributed by atoms with E-state index in [-0.39, 0.29) is 12.4 Å². The first-order chi connectivity index (χ1) is 13.3. The fraction of sp³-hybridized carbons (Fsp3) is 0.476. The van der Waals surface area contributed by atoms with Crippen LogP contribution in [0.1, 0.15) is 41.7 Å². The summed E-state index contributed by atoms with van der Waals surface area (Å²) in [4.78, 5) is 7.17. The van der Waals surface area contributed by atoms with Crippen LogP contribution >= 0.6 is 12.4 Å². The average Bonchev–Trinajstić information content (AvgIpc) is 3.13. The summed E-state index contributed by atoms with van der Waals surface area (Å²) in [6.07, 6.45) is 2.33. The van der Waals surface area contributed by atoms with E-state index in [0.29, 0.717) is 5.92 Å². The van der Waals surface area contributed by atoms with Gasteiger partial charge in [0.25, 0.3) is 0 Å². The first-order valence-electron chi connectivity index (χ1n) is 9.97. The molecule has 0 atom stereocenters. The lowest BCUT2D eigenvalue weighted by molar-refractivity contribution is 0.199. The molecule has 1 aromatic carbocycles. The van der Waals surface area contributed by atoms with Gasteiger partial charge in [-0.25, -0.2) is 0 Å². The van der Waals surface area contributed by atoms with Crippen molar-refractivity contribution >= 4 is 23.3 Å². The fourth-order valence-corrected chi connectivity index (χ4v) is 4.40.